The molecule has 138 valence electrons. The largest absolute Gasteiger partial charge is 0.507 e. The Bertz CT molecular complexity index is 618. The molecule has 2 rings (SSSR count). The fourth-order valence-corrected chi connectivity index (χ4v) is 2.49. The predicted molar refractivity (Wildman–Crippen MR) is 81.9 cm³/mol. The number of phenolic OH excluding ortho intramolecular Hbond substituents is 1. The van der Waals surface area contributed by atoms with E-state index in [4.69, 9.17) is 9.47 Å². The van der Waals surface area contributed by atoms with Gasteiger partial charge in [0.15, 0.2) is 0 Å². The Kier molecular flexibility index (Phi) is 6.18. The lowest BCUT2D eigenvalue weighted by molar-refractivity contribution is -0.261. The van der Waals surface area contributed by atoms with Gasteiger partial charge in [-0.25, -0.2) is 4.79 Å². The molecular formula is C16H20O9. The number of hydrogen-bond donors (Lipinski definition) is 3. The number of carbonyl (C=O) groups is 2. The number of carbonyl (C=O) groups excluding carboxylic acids is 2. The summed E-state index contributed by atoms with van der Waals surface area (Å²) in [4.78, 5) is 21.9. The van der Waals surface area contributed by atoms with Crippen LogP contribution in [0.15, 0.2) is 18.2 Å². The van der Waals surface area contributed by atoms with E-state index in [2.05, 4.69) is 9.47 Å². The Hall–Kier alpha value is -2.36. The van der Waals surface area contributed by atoms with Crippen molar-refractivity contribution in [2.75, 3.05) is 13.7 Å². The fraction of sp³-hybridized carbons (Fsp3) is 0.500. The molecule has 9 nitrogen and oxygen atoms in total. The van der Waals surface area contributed by atoms with Gasteiger partial charge >= 0.3 is 5.97 Å². The van der Waals surface area contributed by atoms with Gasteiger partial charge in [-0.1, -0.05) is 6.92 Å². The van der Waals surface area contributed by atoms with Crippen LogP contribution in [0.25, 0.3) is 0 Å². The third-order valence-electron chi connectivity index (χ3n) is 4.02. The molecule has 3 N–H and O–H groups in total. The first kappa shape index (κ1) is 19.0. The number of hydrogen-bond acceptors (Lipinski definition) is 9. The molecule has 0 aliphatic carbocycles. The van der Waals surface area contributed by atoms with Gasteiger partial charge in [0.05, 0.1) is 13.2 Å². The minimum absolute atomic E-state index is 0.110. The second-order valence-corrected chi connectivity index (χ2v) is 5.60. The quantitative estimate of drug-likeness (QED) is 0.469. The Morgan fingerprint density at radius 1 is 1.32 bits per heavy atom. The van der Waals surface area contributed by atoms with Crippen molar-refractivity contribution < 1.29 is 43.9 Å². The third-order valence-corrected chi connectivity index (χ3v) is 4.02. The van der Waals surface area contributed by atoms with E-state index >= 15 is 0 Å². The van der Waals surface area contributed by atoms with E-state index in [0.717, 1.165) is 0 Å². The number of aliphatic hydroxyl groups excluding tert-OH is 2. The van der Waals surface area contributed by atoms with Crippen molar-refractivity contribution >= 4 is 12.4 Å². The van der Waals surface area contributed by atoms with Crippen molar-refractivity contribution in [3.05, 3.63) is 23.8 Å². The molecule has 5 atom stereocenters. The second kappa shape index (κ2) is 8.15. The molecule has 25 heavy (non-hydrogen) atoms. The summed E-state index contributed by atoms with van der Waals surface area (Å²) in [7, 11) is 1.17. The summed E-state index contributed by atoms with van der Waals surface area (Å²) >= 11 is 0. The van der Waals surface area contributed by atoms with Gasteiger partial charge in [0.2, 0.25) is 6.29 Å². The zero-order valence-electron chi connectivity index (χ0n) is 13.7. The van der Waals surface area contributed by atoms with Crippen LogP contribution in [0.4, 0.5) is 0 Å². The van der Waals surface area contributed by atoms with E-state index in [1.54, 1.807) is 6.92 Å². The molecule has 1 aliphatic heterocycles. The van der Waals surface area contributed by atoms with Gasteiger partial charge < -0.3 is 34.3 Å². The number of aliphatic hydroxyl groups is 2. The van der Waals surface area contributed by atoms with Crippen LogP contribution >= 0.6 is 0 Å². The summed E-state index contributed by atoms with van der Waals surface area (Å²) in [6.07, 6.45) is -4.48. The standard InChI is InChI=1S/C16H20O9/c1-8-12(6-23-7-17)25-16(14(20)13(8)19)24-9-3-4-11(18)10(5-9)15(21)22-2/h3-5,7-8,12-14,16,18-20H,6H2,1-2H3. The summed E-state index contributed by atoms with van der Waals surface area (Å²) in [6, 6.07) is 3.81. The number of aromatic hydroxyl groups is 1. The van der Waals surface area contributed by atoms with Crippen molar-refractivity contribution in [2.24, 2.45) is 5.92 Å². The lowest BCUT2D eigenvalue weighted by Crippen LogP contribution is -2.56. The van der Waals surface area contributed by atoms with E-state index < -0.39 is 36.5 Å². The molecule has 0 amide bonds. The smallest absolute Gasteiger partial charge is 0.341 e. The first-order valence-electron chi connectivity index (χ1n) is 7.53. The molecule has 0 bridgehead atoms. The molecule has 0 aromatic heterocycles. The molecule has 0 radical (unpaired) electrons. The molecule has 1 aromatic carbocycles. The Morgan fingerprint density at radius 2 is 2.04 bits per heavy atom. The maximum absolute atomic E-state index is 11.6. The molecule has 5 unspecified atom stereocenters. The van der Waals surface area contributed by atoms with Crippen LogP contribution in [-0.2, 0) is 19.0 Å². The highest BCUT2D eigenvalue weighted by Crippen LogP contribution is 2.30. The maximum atomic E-state index is 11.6. The third kappa shape index (κ3) is 4.19. The molecule has 1 fully saturated rings. The number of rotatable bonds is 6. The minimum atomic E-state index is -1.36. The van der Waals surface area contributed by atoms with Crippen LogP contribution in [0.2, 0.25) is 0 Å². The van der Waals surface area contributed by atoms with Crippen molar-refractivity contribution in [2.45, 2.75) is 31.5 Å². The van der Waals surface area contributed by atoms with Crippen LogP contribution in [-0.4, -0.2) is 66.1 Å². The van der Waals surface area contributed by atoms with Crippen LogP contribution < -0.4 is 4.74 Å². The fourth-order valence-electron chi connectivity index (χ4n) is 2.49. The van der Waals surface area contributed by atoms with E-state index in [1.807, 2.05) is 0 Å². The van der Waals surface area contributed by atoms with Crippen LogP contribution in [0.1, 0.15) is 17.3 Å². The number of esters is 1. The first-order chi connectivity index (χ1) is 11.9. The van der Waals surface area contributed by atoms with Gasteiger partial charge in [0, 0.05) is 5.92 Å². The lowest BCUT2D eigenvalue weighted by atomic mass is 9.91. The Balaban J connectivity index is 2.17. The highest BCUT2D eigenvalue weighted by Gasteiger charge is 2.43. The van der Waals surface area contributed by atoms with E-state index in [1.165, 1.54) is 25.3 Å². The molecule has 0 spiro atoms. The zero-order chi connectivity index (χ0) is 18.6. The van der Waals surface area contributed by atoms with Crippen LogP contribution in [0, 0.1) is 5.92 Å². The van der Waals surface area contributed by atoms with Gasteiger partial charge in [-0.05, 0) is 18.2 Å². The second-order valence-electron chi connectivity index (χ2n) is 5.60. The highest BCUT2D eigenvalue weighted by atomic mass is 16.7. The highest BCUT2D eigenvalue weighted by molar-refractivity contribution is 5.92. The summed E-state index contributed by atoms with van der Waals surface area (Å²) in [5, 5.41) is 29.9. The zero-order valence-corrected chi connectivity index (χ0v) is 13.7. The van der Waals surface area contributed by atoms with Crippen LogP contribution in [0.3, 0.4) is 0 Å². The average Bonchev–Trinajstić information content (AvgIpc) is 2.62. The number of methoxy groups -OCH3 is 1. The Labute approximate surface area is 143 Å². The van der Waals surface area contributed by atoms with Gasteiger partial charge in [-0.15, -0.1) is 0 Å². The van der Waals surface area contributed by atoms with E-state index in [0.29, 0.717) is 0 Å². The summed E-state index contributed by atoms with van der Waals surface area (Å²) in [5.74, 6) is -1.45. The predicted octanol–water partition coefficient (Wildman–Crippen LogP) is -0.187. The summed E-state index contributed by atoms with van der Waals surface area (Å²) in [5.41, 5.74) is -0.125. The van der Waals surface area contributed by atoms with Crippen molar-refractivity contribution in [3.8, 4) is 11.5 Å². The van der Waals surface area contributed by atoms with Crippen LogP contribution in [0.5, 0.6) is 11.5 Å². The van der Waals surface area contributed by atoms with E-state index in [9.17, 15) is 24.9 Å². The molecule has 1 aromatic rings. The normalized spacial score (nSPS) is 28.9. The number of phenols is 1. The molecule has 9 heteroatoms. The number of ether oxygens (including phenoxy) is 4. The van der Waals surface area contributed by atoms with Gasteiger partial charge in [0.1, 0.15) is 35.9 Å². The first-order valence-corrected chi connectivity index (χ1v) is 7.53. The molecular weight excluding hydrogens is 336 g/mol. The average molecular weight is 356 g/mol. The van der Waals surface area contributed by atoms with Gasteiger partial charge in [-0.2, -0.15) is 0 Å². The summed E-state index contributed by atoms with van der Waals surface area (Å²) < 4.78 is 20.3. The molecule has 0 saturated carbocycles. The van der Waals surface area contributed by atoms with E-state index in [-0.39, 0.29) is 30.1 Å². The molecule has 1 aliphatic rings. The topological polar surface area (TPSA) is 132 Å². The number of benzene rings is 1. The van der Waals surface area contributed by atoms with Crippen molar-refractivity contribution in [1.29, 1.82) is 0 Å². The van der Waals surface area contributed by atoms with Crippen molar-refractivity contribution in [3.63, 3.8) is 0 Å². The monoisotopic (exact) mass is 356 g/mol. The molecule has 1 saturated heterocycles. The SMILES string of the molecule is COC(=O)c1cc(OC2OC(COC=O)C(C)C(O)C2O)ccc1O. The Morgan fingerprint density at radius 3 is 2.68 bits per heavy atom. The van der Waals surface area contributed by atoms with Gasteiger partial charge in [-0.3, -0.25) is 4.79 Å². The van der Waals surface area contributed by atoms with Crippen molar-refractivity contribution in [1.82, 2.24) is 0 Å². The maximum Gasteiger partial charge on any atom is 0.341 e. The molecule has 1 heterocycles. The minimum Gasteiger partial charge on any atom is -0.507 e. The lowest BCUT2D eigenvalue weighted by Gasteiger charge is -2.40. The van der Waals surface area contributed by atoms with Gasteiger partial charge in [0.25, 0.3) is 6.47 Å². The summed E-state index contributed by atoms with van der Waals surface area (Å²) in [6.45, 7) is 1.78.